The van der Waals surface area contributed by atoms with E-state index < -0.39 is 29.0 Å². The molecule has 10 heteroatoms. The van der Waals surface area contributed by atoms with Crippen LogP contribution in [-0.2, 0) is 4.79 Å². The maximum Gasteiger partial charge on any atom is 0.266 e. The fraction of sp³-hybridized carbons (Fsp3) is 0.0870. The zero-order chi connectivity index (χ0) is 23.5. The minimum Gasteiger partial charge on any atom is -0.495 e. The fourth-order valence-corrected chi connectivity index (χ4v) is 3.98. The molecule has 0 saturated heterocycles. The van der Waals surface area contributed by atoms with Gasteiger partial charge in [-0.15, -0.1) is 0 Å². The topological polar surface area (TPSA) is 73.2 Å². The Labute approximate surface area is 190 Å². The lowest BCUT2D eigenvalue weighted by molar-refractivity contribution is -0.113. The van der Waals surface area contributed by atoms with Gasteiger partial charge in [-0.05, 0) is 36.4 Å². The molecule has 0 spiro atoms. The maximum absolute atomic E-state index is 13.9. The smallest absolute Gasteiger partial charge is 0.266 e. The van der Waals surface area contributed by atoms with Crippen molar-refractivity contribution in [2.75, 3.05) is 18.2 Å². The normalized spacial score (nSPS) is 10.9. The number of nitrogens with one attached hydrogen (secondary N) is 1. The van der Waals surface area contributed by atoms with Crippen LogP contribution in [0.1, 0.15) is 0 Å². The van der Waals surface area contributed by atoms with Crippen LogP contribution in [0.25, 0.3) is 16.6 Å². The Balaban J connectivity index is 1.69. The van der Waals surface area contributed by atoms with E-state index in [1.165, 1.54) is 11.7 Å². The van der Waals surface area contributed by atoms with E-state index in [9.17, 15) is 22.8 Å². The first-order valence-corrected chi connectivity index (χ1v) is 10.6. The fourth-order valence-electron chi connectivity index (χ4n) is 3.17. The second-order valence-electron chi connectivity index (χ2n) is 6.78. The Kier molecular flexibility index (Phi) is 6.36. The number of amides is 1. The number of rotatable bonds is 6. The number of para-hydroxylation sites is 3. The Bertz CT molecular complexity index is 1430. The lowest BCUT2D eigenvalue weighted by atomic mass is 10.2. The van der Waals surface area contributed by atoms with Crippen LogP contribution in [0.2, 0.25) is 0 Å². The molecule has 6 nitrogen and oxygen atoms in total. The zero-order valence-corrected chi connectivity index (χ0v) is 18.0. The van der Waals surface area contributed by atoms with Crippen molar-refractivity contribution in [1.82, 2.24) is 9.55 Å². The van der Waals surface area contributed by atoms with Crippen LogP contribution in [0.15, 0.2) is 70.6 Å². The van der Waals surface area contributed by atoms with E-state index in [1.807, 2.05) is 0 Å². The molecule has 0 bridgehead atoms. The number of thioether (sulfide) groups is 1. The largest absolute Gasteiger partial charge is 0.495 e. The number of methoxy groups -OCH3 is 1. The maximum atomic E-state index is 13.9. The van der Waals surface area contributed by atoms with Crippen molar-refractivity contribution in [2.24, 2.45) is 0 Å². The van der Waals surface area contributed by atoms with Gasteiger partial charge in [0.1, 0.15) is 5.75 Å². The van der Waals surface area contributed by atoms with E-state index in [2.05, 4.69) is 10.3 Å². The predicted octanol–water partition coefficient (Wildman–Crippen LogP) is 4.54. The van der Waals surface area contributed by atoms with Crippen LogP contribution >= 0.6 is 11.8 Å². The third-order valence-electron chi connectivity index (χ3n) is 4.71. The van der Waals surface area contributed by atoms with Gasteiger partial charge in [0, 0.05) is 0 Å². The first-order chi connectivity index (χ1) is 15.9. The molecule has 1 N–H and O–H groups in total. The molecular formula is C23H16F3N3O3S. The van der Waals surface area contributed by atoms with Crippen LogP contribution in [0, 0.1) is 17.5 Å². The summed E-state index contributed by atoms with van der Waals surface area (Å²) in [4.78, 5) is 30.2. The Hall–Kier alpha value is -3.79. The van der Waals surface area contributed by atoms with E-state index in [-0.39, 0.29) is 16.5 Å². The second-order valence-corrected chi connectivity index (χ2v) is 7.73. The van der Waals surface area contributed by atoms with Gasteiger partial charge in [0.2, 0.25) is 5.91 Å². The summed E-state index contributed by atoms with van der Waals surface area (Å²) < 4.78 is 47.1. The number of halogens is 3. The molecule has 4 aromatic rings. The standard InChI is InChI=1S/C23H16F3N3O3S/c1-32-18-9-5-4-8-17(18)29-22(31)13-6-2-3-7-15(13)28-23(29)33-12-19(30)27-16-11-10-14(24)20(25)21(16)26/h2-11H,12H2,1H3,(H,27,30). The zero-order valence-electron chi connectivity index (χ0n) is 17.1. The van der Waals surface area contributed by atoms with E-state index in [0.717, 1.165) is 17.8 Å². The highest BCUT2D eigenvalue weighted by atomic mass is 32.2. The van der Waals surface area contributed by atoms with Crippen molar-refractivity contribution >= 4 is 34.3 Å². The number of carbonyl (C=O) groups excluding carboxylic acids is 1. The first-order valence-electron chi connectivity index (χ1n) is 9.62. The monoisotopic (exact) mass is 471 g/mol. The van der Waals surface area contributed by atoms with Gasteiger partial charge in [0.05, 0.1) is 35.1 Å². The molecule has 168 valence electrons. The number of ether oxygens (including phenoxy) is 1. The molecule has 0 aliphatic carbocycles. The molecule has 0 aliphatic rings. The molecule has 0 unspecified atom stereocenters. The molecule has 0 radical (unpaired) electrons. The quantitative estimate of drug-likeness (QED) is 0.254. The number of benzene rings is 3. The molecule has 0 fully saturated rings. The van der Waals surface area contributed by atoms with Crippen LogP contribution in [-0.4, -0.2) is 28.3 Å². The lowest BCUT2D eigenvalue weighted by Crippen LogP contribution is -2.23. The summed E-state index contributed by atoms with van der Waals surface area (Å²) in [5.74, 6) is -5.09. The Morgan fingerprint density at radius 2 is 1.76 bits per heavy atom. The Morgan fingerprint density at radius 1 is 1.03 bits per heavy atom. The number of fused-ring (bicyclic) bond motifs is 1. The molecule has 1 heterocycles. The molecule has 0 aliphatic heterocycles. The summed E-state index contributed by atoms with van der Waals surface area (Å²) in [6.45, 7) is 0. The van der Waals surface area contributed by atoms with Gasteiger partial charge >= 0.3 is 0 Å². The average molecular weight is 471 g/mol. The van der Waals surface area contributed by atoms with Gasteiger partial charge in [-0.2, -0.15) is 0 Å². The summed E-state index contributed by atoms with van der Waals surface area (Å²) in [6.07, 6.45) is 0. The molecule has 3 aromatic carbocycles. The third kappa shape index (κ3) is 4.42. The highest BCUT2D eigenvalue weighted by Gasteiger charge is 2.19. The van der Waals surface area contributed by atoms with Gasteiger partial charge in [-0.3, -0.25) is 14.2 Å². The van der Waals surface area contributed by atoms with Gasteiger partial charge in [0.15, 0.2) is 22.6 Å². The molecule has 1 aromatic heterocycles. The molecule has 0 saturated carbocycles. The number of hydrogen-bond acceptors (Lipinski definition) is 5. The van der Waals surface area contributed by atoms with E-state index in [4.69, 9.17) is 4.74 Å². The van der Waals surface area contributed by atoms with Crippen LogP contribution in [0.3, 0.4) is 0 Å². The summed E-state index contributed by atoms with van der Waals surface area (Å²) in [5.41, 5.74) is 0.00812. The molecule has 33 heavy (non-hydrogen) atoms. The minimum atomic E-state index is -1.68. The van der Waals surface area contributed by atoms with E-state index in [0.29, 0.717) is 28.4 Å². The van der Waals surface area contributed by atoms with Crippen molar-refractivity contribution in [2.45, 2.75) is 5.16 Å². The first kappa shape index (κ1) is 22.4. The second kappa shape index (κ2) is 9.37. The van der Waals surface area contributed by atoms with Gasteiger partial charge in [-0.25, -0.2) is 18.2 Å². The van der Waals surface area contributed by atoms with Crippen molar-refractivity contribution in [3.63, 3.8) is 0 Å². The van der Waals surface area contributed by atoms with Gasteiger partial charge in [-0.1, -0.05) is 36.0 Å². The highest BCUT2D eigenvalue weighted by Crippen LogP contribution is 2.27. The van der Waals surface area contributed by atoms with Crippen LogP contribution < -0.4 is 15.6 Å². The third-order valence-corrected chi connectivity index (χ3v) is 5.65. The molecule has 1 amide bonds. The summed E-state index contributed by atoms with van der Waals surface area (Å²) in [6, 6.07) is 15.2. The summed E-state index contributed by atoms with van der Waals surface area (Å²) in [7, 11) is 1.47. The average Bonchev–Trinajstić information content (AvgIpc) is 2.83. The highest BCUT2D eigenvalue weighted by molar-refractivity contribution is 7.99. The molecule has 0 atom stereocenters. The van der Waals surface area contributed by atoms with Crippen molar-refractivity contribution < 1.29 is 22.7 Å². The summed E-state index contributed by atoms with van der Waals surface area (Å²) in [5, 5.41) is 2.78. The minimum absolute atomic E-state index is 0.198. The van der Waals surface area contributed by atoms with Crippen LogP contribution in [0.5, 0.6) is 5.75 Å². The number of carbonyl (C=O) groups is 1. The van der Waals surface area contributed by atoms with Gasteiger partial charge in [0.25, 0.3) is 5.56 Å². The Morgan fingerprint density at radius 3 is 2.55 bits per heavy atom. The number of anilines is 1. The SMILES string of the molecule is COc1ccccc1-n1c(SCC(=O)Nc2ccc(F)c(F)c2F)nc2ccccc2c1=O. The van der Waals surface area contributed by atoms with Crippen LogP contribution in [0.4, 0.5) is 18.9 Å². The number of aromatic nitrogens is 2. The van der Waals surface area contributed by atoms with Crippen molar-refractivity contribution in [3.05, 3.63) is 88.5 Å². The lowest BCUT2D eigenvalue weighted by Gasteiger charge is -2.15. The van der Waals surface area contributed by atoms with E-state index in [1.54, 1.807) is 48.5 Å². The molecular weight excluding hydrogens is 455 g/mol. The van der Waals surface area contributed by atoms with Gasteiger partial charge < -0.3 is 10.1 Å². The predicted molar refractivity (Wildman–Crippen MR) is 120 cm³/mol. The van der Waals surface area contributed by atoms with E-state index >= 15 is 0 Å². The number of nitrogens with zero attached hydrogens (tertiary/aromatic N) is 2. The van der Waals surface area contributed by atoms with Crippen molar-refractivity contribution in [1.29, 1.82) is 0 Å². The number of hydrogen-bond donors (Lipinski definition) is 1. The molecule has 4 rings (SSSR count). The van der Waals surface area contributed by atoms with Crippen molar-refractivity contribution in [3.8, 4) is 11.4 Å². The summed E-state index contributed by atoms with van der Waals surface area (Å²) >= 11 is 0.925.